The number of aromatic nitrogens is 2. The largest absolute Gasteiger partial charge is 0.380 e. The van der Waals surface area contributed by atoms with Crippen LogP contribution in [0.3, 0.4) is 0 Å². The fraction of sp³-hybridized carbons (Fsp3) is 0.536. The first-order chi connectivity index (χ1) is 48.2. The number of hydrogen-bond donors (Lipinski definition) is 7. The van der Waals surface area contributed by atoms with Crippen LogP contribution >= 0.6 is 0 Å². The van der Waals surface area contributed by atoms with Crippen molar-refractivity contribution in [3.05, 3.63) is 243 Å². The normalized spacial score (nSPS) is 13.3. The molecule has 7 N–H and O–H groups in total. The second kappa shape index (κ2) is 44.6. The lowest BCUT2D eigenvalue weighted by Gasteiger charge is -2.35. The van der Waals surface area contributed by atoms with Gasteiger partial charge in [-0.25, -0.2) is 0 Å². The molecule has 9 rings (SSSR count). The summed E-state index contributed by atoms with van der Waals surface area (Å²) in [6, 6.07) is 61.9. The monoisotopic (exact) mass is 1450 g/mol. The number of nitrogens with one attached hydrogen (secondary N) is 7. The number of rotatable bonds is 13. The van der Waals surface area contributed by atoms with Gasteiger partial charge in [0.25, 0.3) is 0 Å². The highest BCUT2D eigenvalue weighted by atomic mass is 15.2. The summed E-state index contributed by atoms with van der Waals surface area (Å²) in [5.41, 5.74) is 20.8. The summed E-state index contributed by atoms with van der Waals surface area (Å²) in [6.07, 6.45) is 6.47. The lowest BCUT2D eigenvalue weighted by Crippen LogP contribution is -2.48. The summed E-state index contributed by atoms with van der Waals surface area (Å²) in [5.74, 6) is 0. The van der Waals surface area contributed by atoms with Crippen LogP contribution in [-0.4, -0.2) is 48.6 Å². The van der Waals surface area contributed by atoms with Crippen molar-refractivity contribution in [2.75, 3.05) is 10.6 Å². The fourth-order valence-corrected chi connectivity index (χ4v) is 11.9. The Bertz CT molecular complexity index is 3470. The van der Waals surface area contributed by atoms with Gasteiger partial charge in [0.05, 0.1) is 6.20 Å². The van der Waals surface area contributed by atoms with Crippen molar-refractivity contribution in [2.45, 2.75) is 337 Å². The zero-order valence-electron chi connectivity index (χ0n) is 73.9. The molecule has 1 heterocycles. The molecule has 8 aromatic rings. The number of aryl methyl sites for hydroxylation is 7. The molecule has 1 saturated carbocycles. The van der Waals surface area contributed by atoms with E-state index in [9.17, 15) is 0 Å². The molecule has 0 spiro atoms. The van der Waals surface area contributed by atoms with Gasteiger partial charge in [0, 0.05) is 98.2 Å². The molecule has 1 aromatic heterocycles. The van der Waals surface area contributed by atoms with Crippen molar-refractivity contribution in [2.24, 2.45) is 7.05 Å². The van der Waals surface area contributed by atoms with E-state index in [4.69, 9.17) is 0 Å². The highest BCUT2D eigenvalue weighted by Crippen LogP contribution is 2.47. The Balaban J connectivity index is 0.00000121. The number of hydrogen-bond acceptors (Lipinski definition) is 8. The van der Waals surface area contributed by atoms with Gasteiger partial charge in [0.15, 0.2) is 0 Å². The average Bonchev–Trinajstić information content (AvgIpc) is 1.61. The van der Waals surface area contributed by atoms with Gasteiger partial charge >= 0.3 is 0 Å². The molecule has 0 saturated heterocycles. The van der Waals surface area contributed by atoms with E-state index in [0.717, 1.165) is 5.56 Å². The van der Waals surface area contributed by atoms with Crippen molar-refractivity contribution in [3.63, 3.8) is 0 Å². The van der Waals surface area contributed by atoms with Crippen LogP contribution in [0.5, 0.6) is 0 Å². The van der Waals surface area contributed by atoms with Gasteiger partial charge in [-0.2, -0.15) is 5.10 Å². The summed E-state index contributed by atoms with van der Waals surface area (Å²) in [4.78, 5) is 0. The third kappa shape index (κ3) is 44.4. The summed E-state index contributed by atoms with van der Waals surface area (Å²) >= 11 is 0. The fourth-order valence-electron chi connectivity index (χ4n) is 11.9. The first-order valence-corrected chi connectivity index (χ1v) is 39.2. The highest BCUT2D eigenvalue weighted by molar-refractivity contribution is 5.62. The lowest BCUT2D eigenvalue weighted by molar-refractivity contribution is 0.286. The molecule has 1 aliphatic carbocycles. The third-order valence-corrected chi connectivity index (χ3v) is 16.1. The Morgan fingerprint density at radius 3 is 0.991 bits per heavy atom. The van der Waals surface area contributed by atoms with Crippen LogP contribution in [0.1, 0.15) is 307 Å². The van der Waals surface area contributed by atoms with Gasteiger partial charge in [-0.05, 0) is 298 Å². The van der Waals surface area contributed by atoms with Crippen LogP contribution in [0.2, 0.25) is 0 Å². The summed E-state index contributed by atoms with van der Waals surface area (Å²) in [7, 11) is 1.94. The van der Waals surface area contributed by atoms with Crippen molar-refractivity contribution >= 4 is 11.4 Å². The molecule has 0 aliphatic heterocycles. The SMILES string of the molecule is C.CC.CC.CC(NC(C)(C)C)c1ccc(-c2cnn(C)c2)cc1.Cc1ccc(C(C)(C)NC(C)(C)C)cc1.Cc1ccc(C2(NC(C)(C)C)CC2)cc1.Cc1ccc(NC(C)(C)C)cc1.Cc1ccc([C@@H](C)NC(C)(C)C)cc1.Cc1ccc([C@H](C)NC(C)(C)C)cc1.Cc1cccc(NC(C)(C)C)c1. The summed E-state index contributed by atoms with van der Waals surface area (Å²) < 4.78 is 1.83. The quantitative estimate of drug-likeness (QED) is 0.0613. The van der Waals surface area contributed by atoms with E-state index < -0.39 is 0 Å². The van der Waals surface area contributed by atoms with E-state index >= 15 is 0 Å². The van der Waals surface area contributed by atoms with E-state index in [1.807, 2.05) is 51.8 Å². The van der Waals surface area contributed by atoms with Gasteiger partial charge in [0.2, 0.25) is 0 Å². The van der Waals surface area contributed by atoms with Crippen LogP contribution in [0.15, 0.2) is 182 Å². The highest BCUT2D eigenvalue weighted by Gasteiger charge is 2.46. The molecular formula is C97H159N9. The molecule has 592 valence electrons. The standard InChI is InChI=1S/C16H23N3.C14H21N.C14H23N.2C13H21N.2C11H17N.2C2H6.CH4/c1-12(18-16(2,3)4)13-6-8-14(9-7-13)15-10-17-19(5)11-15;1-11-5-7-12(8-6-11)14(9-10-14)15-13(2,3)4;1-11-7-9-12(10-8-11)14(5,6)15-13(2,3)4;2*1-10-6-8-12(9-7-10)11(2)14-13(3,4)5;1-9-5-7-10(8-6-9)12-11(2,3)4;1-9-6-5-7-10(8-9)12-11(2,3)4;2*1-2;/h6-12,18H,1-5H3;5-8,15H,9-10H2,1-4H3;7-10,15H,1-6H3;2*6-9,11,14H,1-5H3;2*5-8,12H,1-4H3;2*1-2H3;1H4/t;;;2*11-;;;;;/m...10...../s1. The third-order valence-electron chi connectivity index (χ3n) is 16.1. The maximum Gasteiger partial charge on any atom is 0.0568 e. The molecular weight excluding hydrogens is 1290 g/mol. The molecule has 9 nitrogen and oxygen atoms in total. The number of nitrogens with zero attached hydrogens (tertiary/aromatic N) is 2. The van der Waals surface area contributed by atoms with Crippen molar-refractivity contribution < 1.29 is 0 Å². The molecule has 0 amide bonds. The maximum absolute atomic E-state index is 4.20. The van der Waals surface area contributed by atoms with Crippen LogP contribution < -0.4 is 37.2 Å². The number of benzene rings is 7. The Morgan fingerprint density at radius 2 is 0.689 bits per heavy atom. The van der Waals surface area contributed by atoms with Gasteiger partial charge < -0.3 is 37.2 Å². The molecule has 1 fully saturated rings. The maximum atomic E-state index is 4.20. The van der Waals surface area contributed by atoms with Crippen LogP contribution in [0.25, 0.3) is 11.1 Å². The minimum atomic E-state index is 0. The smallest absolute Gasteiger partial charge is 0.0568 e. The topological polar surface area (TPSA) is 102 Å². The van der Waals surface area contributed by atoms with Crippen LogP contribution in [0.4, 0.5) is 11.4 Å². The zero-order chi connectivity index (χ0) is 80.8. The van der Waals surface area contributed by atoms with Gasteiger partial charge in [-0.15, -0.1) is 0 Å². The van der Waals surface area contributed by atoms with E-state index in [1.165, 1.54) is 91.0 Å². The van der Waals surface area contributed by atoms with E-state index in [2.05, 4.69) is 434 Å². The average molecular weight is 1450 g/mol. The van der Waals surface area contributed by atoms with Crippen LogP contribution in [0, 0.1) is 41.5 Å². The van der Waals surface area contributed by atoms with Gasteiger partial charge in [-0.3, -0.25) is 4.68 Å². The molecule has 0 bridgehead atoms. The Morgan fingerprint density at radius 1 is 0.358 bits per heavy atom. The molecule has 3 atom stereocenters. The lowest BCUT2D eigenvalue weighted by atomic mass is 9.90. The van der Waals surface area contributed by atoms with E-state index in [0.29, 0.717) is 18.1 Å². The van der Waals surface area contributed by atoms with Gasteiger partial charge in [-0.1, -0.05) is 209 Å². The van der Waals surface area contributed by atoms with Crippen LogP contribution in [-0.2, 0) is 18.1 Å². The molecule has 106 heavy (non-hydrogen) atoms. The minimum absolute atomic E-state index is 0. The van der Waals surface area contributed by atoms with E-state index in [-0.39, 0.29) is 57.3 Å². The van der Waals surface area contributed by atoms with Crippen molar-refractivity contribution in [1.82, 2.24) is 36.4 Å². The predicted molar refractivity (Wildman–Crippen MR) is 476 cm³/mol. The summed E-state index contributed by atoms with van der Waals surface area (Å²) in [5, 5.41) is 29.1. The van der Waals surface area contributed by atoms with Gasteiger partial charge in [0.1, 0.15) is 0 Å². The first kappa shape index (κ1) is 99.2. The summed E-state index contributed by atoms with van der Waals surface area (Å²) in [6.45, 7) is 77.7. The predicted octanol–water partition coefficient (Wildman–Crippen LogP) is 26.5. The molecule has 9 heteroatoms. The second-order valence-electron chi connectivity index (χ2n) is 36.4. The Labute approximate surface area is 653 Å². The molecule has 0 radical (unpaired) electrons. The Hall–Kier alpha value is -6.85. The number of anilines is 2. The second-order valence-corrected chi connectivity index (χ2v) is 36.4. The zero-order valence-corrected chi connectivity index (χ0v) is 73.9. The minimum Gasteiger partial charge on any atom is -0.380 e. The molecule has 1 aliphatic rings. The Kier molecular flexibility index (Phi) is 41.7. The molecule has 7 aromatic carbocycles. The molecule has 1 unspecified atom stereocenters. The van der Waals surface area contributed by atoms with E-state index in [1.54, 1.807) is 0 Å². The van der Waals surface area contributed by atoms with Crippen molar-refractivity contribution in [3.8, 4) is 11.1 Å². The first-order valence-electron chi connectivity index (χ1n) is 39.2. The van der Waals surface area contributed by atoms with Crippen molar-refractivity contribution in [1.29, 1.82) is 0 Å².